The minimum Gasteiger partial charge on any atom is -0.463 e. The molecule has 0 atom stereocenters. The molecule has 0 unspecified atom stereocenters. The van der Waals surface area contributed by atoms with Crippen LogP contribution in [0.4, 0.5) is 5.69 Å². The van der Waals surface area contributed by atoms with E-state index in [4.69, 9.17) is 39.5 Å². The van der Waals surface area contributed by atoms with E-state index in [1.165, 1.54) is 10.5 Å². The number of hydrogen-bond acceptors (Lipinski definition) is 5. The van der Waals surface area contributed by atoms with Gasteiger partial charge < -0.3 is 14.5 Å². The Morgan fingerprint density at radius 1 is 0.886 bits per heavy atom. The number of carbonyl (C=O) groups excluding carboxylic acids is 3. The summed E-state index contributed by atoms with van der Waals surface area (Å²) in [6.45, 7) is 4.01. The van der Waals surface area contributed by atoms with Crippen molar-refractivity contribution in [3.8, 4) is 0 Å². The van der Waals surface area contributed by atoms with Gasteiger partial charge in [0.2, 0.25) is 5.91 Å². The fourth-order valence-electron chi connectivity index (χ4n) is 3.84. The van der Waals surface area contributed by atoms with E-state index in [1.54, 1.807) is 24.3 Å². The van der Waals surface area contributed by atoms with E-state index < -0.39 is 5.97 Å². The van der Waals surface area contributed by atoms with Crippen molar-refractivity contribution in [2.24, 2.45) is 0 Å². The molecule has 1 saturated heterocycles. The van der Waals surface area contributed by atoms with Gasteiger partial charge in [-0.25, -0.2) is 0 Å². The molecule has 2 aromatic carbocycles. The van der Waals surface area contributed by atoms with E-state index in [9.17, 15) is 14.4 Å². The second-order valence-electron chi connectivity index (χ2n) is 8.09. The molecule has 0 aromatic heterocycles. The highest BCUT2D eigenvalue weighted by Gasteiger charge is 2.23. The van der Waals surface area contributed by atoms with Gasteiger partial charge in [-0.15, -0.1) is 23.2 Å². The van der Waals surface area contributed by atoms with Crippen LogP contribution in [0.25, 0.3) is 0 Å². The molecule has 1 aliphatic rings. The maximum atomic E-state index is 13.0. The number of nitrogens with zero attached hydrogens (tertiary/aromatic N) is 3. The summed E-state index contributed by atoms with van der Waals surface area (Å²) in [6, 6.07) is 14.7. The molecule has 2 aromatic rings. The number of halogens is 3. The van der Waals surface area contributed by atoms with Gasteiger partial charge in [-0.2, -0.15) is 0 Å². The molecule has 1 fully saturated rings. The monoisotopic (exact) mass is 539 g/mol. The van der Waals surface area contributed by atoms with Crippen molar-refractivity contribution in [1.29, 1.82) is 0 Å². The van der Waals surface area contributed by atoms with Crippen molar-refractivity contribution in [3.63, 3.8) is 0 Å². The normalized spacial score (nSPS) is 14.0. The Balaban J connectivity index is 1.51. The Hall–Kier alpha value is -2.32. The second kappa shape index (κ2) is 13.7. The van der Waals surface area contributed by atoms with Gasteiger partial charge in [0.1, 0.15) is 18.4 Å². The van der Waals surface area contributed by atoms with Gasteiger partial charge in [-0.05, 0) is 48.4 Å². The number of alkyl halides is 2. The summed E-state index contributed by atoms with van der Waals surface area (Å²) in [5.41, 5.74) is 2.36. The first-order valence-electron chi connectivity index (χ1n) is 11.4. The summed E-state index contributed by atoms with van der Waals surface area (Å²) in [4.78, 5) is 42.1. The highest BCUT2D eigenvalue weighted by atomic mass is 35.5. The molecule has 0 radical (unpaired) electrons. The molecule has 7 nitrogen and oxygen atoms in total. The maximum absolute atomic E-state index is 13.0. The van der Waals surface area contributed by atoms with Crippen LogP contribution in [0.15, 0.2) is 48.5 Å². The smallest absolute Gasteiger partial charge is 0.320 e. The summed E-state index contributed by atoms with van der Waals surface area (Å²) in [6.07, 6.45) is 0.940. The van der Waals surface area contributed by atoms with E-state index in [0.29, 0.717) is 24.3 Å². The number of amides is 2. The molecule has 188 valence electrons. The van der Waals surface area contributed by atoms with E-state index >= 15 is 0 Å². The lowest BCUT2D eigenvalue weighted by Gasteiger charge is -2.35. The van der Waals surface area contributed by atoms with Crippen LogP contribution < -0.4 is 4.90 Å². The third kappa shape index (κ3) is 8.10. The van der Waals surface area contributed by atoms with Crippen LogP contribution in [0.2, 0.25) is 5.02 Å². The number of carbonyl (C=O) groups is 3. The lowest BCUT2D eigenvalue weighted by molar-refractivity contribution is -0.140. The lowest BCUT2D eigenvalue weighted by atomic mass is 10.1. The van der Waals surface area contributed by atoms with Crippen molar-refractivity contribution >= 4 is 58.3 Å². The molecule has 0 spiro atoms. The predicted molar refractivity (Wildman–Crippen MR) is 139 cm³/mol. The largest absolute Gasteiger partial charge is 0.463 e. The average Bonchev–Trinajstić information content (AvgIpc) is 2.90. The van der Waals surface area contributed by atoms with Crippen molar-refractivity contribution < 1.29 is 19.1 Å². The average molecular weight is 541 g/mol. The van der Waals surface area contributed by atoms with Crippen molar-refractivity contribution in [1.82, 2.24) is 9.80 Å². The van der Waals surface area contributed by atoms with Gasteiger partial charge in [-0.3, -0.25) is 19.3 Å². The van der Waals surface area contributed by atoms with Crippen LogP contribution in [0.3, 0.4) is 0 Å². The zero-order chi connectivity index (χ0) is 25.2. The number of benzene rings is 2. The third-order valence-corrected chi connectivity index (χ3v) is 6.52. The zero-order valence-electron chi connectivity index (χ0n) is 19.3. The zero-order valence-corrected chi connectivity index (χ0v) is 21.6. The van der Waals surface area contributed by atoms with Crippen LogP contribution in [0, 0.1) is 0 Å². The summed E-state index contributed by atoms with van der Waals surface area (Å²) in [7, 11) is 0. The fraction of sp³-hybridized carbons (Fsp3) is 0.400. The van der Waals surface area contributed by atoms with E-state index in [-0.39, 0.29) is 36.7 Å². The highest BCUT2D eigenvalue weighted by Crippen LogP contribution is 2.18. The van der Waals surface area contributed by atoms with Gasteiger partial charge in [0.05, 0.1) is 6.54 Å². The SMILES string of the molecule is O=C(CCl)OCCN(C(=O)CCl)c1ccc(C(=O)N2CCN(CCc3ccc(Cl)cc3)CC2)cc1. The third-order valence-electron chi connectivity index (χ3n) is 5.82. The second-order valence-corrected chi connectivity index (χ2v) is 9.06. The summed E-state index contributed by atoms with van der Waals surface area (Å²) in [5.74, 6) is -1.40. The van der Waals surface area contributed by atoms with Crippen molar-refractivity contribution in [2.75, 3.05) is 62.5 Å². The molecule has 2 amide bonds. The maximum Gasteiger partial charge on any atom is 0.320 e. The number of anilines is 1. The van der Waals surface area contributed by atoms with E-state index in [0.717, 1.165) is 31.1 Å². The molecule has 35 heavy (non-hydrogen) atoms. The summed E-state index contributed by atoms with van der Waals surface area (Å²) >= 11 is 17.1. The van der Waals surface area contributed by atoms with Crippen LogP contribution in [0.1, 0.15) is 15.9 Å². The Kier molecular flexibility index (Phi) is 10.7. The molecule has 0 aliphatic carbocycles. The molecular weight excluding hydrogens is 513 g/mol. The Bertz CT molecular complexity index is 994. The minimum absolute atomic E-state index is 0.00282. The van der Waals surface area contributed by atoms with Gasteiger partial charge in [0, 0.05) is 49.0 Å². The number of piperazine rings is 1. The number of esters is 1. The molecule has 0 N–H and O–H groups in total. The van der Waals surface area contributed by atoms with Crippen LogP contribution in [0.5, 0.6) is 0 Å². The van der Waals surface area contributed by atoms with Crippen LogP contribution in [-0.4, -0.2) is 85.2 Å². The van der Waals surface area contributed by atoms with Gasteiger partial charge in [-0.1, -0.05) is 23.7 Å². The molecule has 0 saturated carbocycles. The molecule has 1 aliphatic heterocycles. The fourth-order valence-corrected chi connectivity index (χ4v) is 4.19. The molecule has 1 heterocycles. The number of ether oxygens (including phenoxy) is 1. The van der Waals surface area contributed by atoms with Gasteiger partial charge >= 0.3 is 5.97 Å². The predicted octanol–water partition coefficient (Wildman–Crippen LogP) is 3.69. The highest BCUT2D eigenvalue weighted by molar-refractivity contribution is 6.30. The van der Waals surface area contributed by atoms with Gasteiger partial charge in [0.15, 0.2) is 0 Å². The van der Waals surface area contributed by atoms with Crippen molar-refractivity contribution in [3.05, 3.63) is 64.7 Å². The van der Waals surface area contributed by atoms with E-state index in [1.807, 2.05) is 29.2 Å². The summed E-state index contributed by atoms with van der Waals surface area (Å²) < 4.78 is 4.96. The van der Waals surface area contributed by atoms with Gasteiger partial charge in [0.25, 0.3) is 5.91 Å². The first-order valence-corrected chi connectivity index (χ1v) is 12.8. The van der Waals surface area contributed by atoms with Crippen LogP contribution >= 0.6 is 34.8 Å². The Morgan fingerprint density at radius 2 is 1.54 bits per heavy atom. The number of hydrogen-bond donors (Lipinski definition) is 0. The molecule has 3 rings (SSSR count). The lowest BCUT2D eigenvalue weighted by Crippen LogP contribution is -2.49. The summed E-state index contributed by atoms with van der Waals surface area (Å²) in [5, 5.41) is 0.736. The van der Waals surface area contributed by atoms with Crippen LogP contribution in [-0.2, 0) is 20.7 Å². The quantitative estimate of drug-likeness (QED) is 0.340. The minimum atomic E-state index is -0.559. The number of rotatable bonds is 10. The Labute approximate surface area is 220 Å². The first-order chi connectivity index (χ1) is 16.9. The van der Waals surface area contributed by atoms with E-state index in [2.05, 4.69) is 4.90 Å². The molecule has 10 heteroatoms. The Morgan fingerprint density at radius 3 is 2.14 bits per heavy atom. The molecule has 0 bridgehead atoms. The first kappa shape index (κ1) is 27.3. The topological polar surface area (TPSA) is 70.2 Å². The molecular formula is C25H28Cl3N3O4. The standard InChI is InChI=1S/C25H28Cl3N3O4/c26-17-23(32)31(15-16-35-24(33)18-27)22-7-3-20(4-8-22)25(34)30-13-11-29(12-14-30)10-9-19-1-5-21(28)6-2-19/h1-8H,9-18H2. The van der Waals surface area contributed by atoms with Crippen molar-refractivity contribution in [2.45, 2.75) is 6.42 Å².